The average molecular weight is 468 g/mol. The van der Waals surface area contributed by atoms with Gasteiger partial charge in [0.05, 0.1) is 6.04 Å². The molecule has 4 nitrogen and oxygen atoms in total. The smallest absolute Gasteiger partial charge is 0.315 e. The van der Waals surface area contributed by atoms with E-state index in [1.54, 1.807) is 11.1 Å². The molecule has 1 aliphatic carbocycles. The summed E-state index contributed by atoms with van der Waals surface area (Å²) < 4.78 is 0. The Morgan fingerprint density at radius 1 is 0.829 bits per heavy atom. The van der Waals surface area contributed by atoms with Gasteiger partial charge in [0, 0.05) is 25.2 Å². The third-order valence-corrected chi connectivity index (χ3v) is 8.85. The third kappa shape index (κ3) is 4.45. The number of carbonyl (C=O) groups excluding carboxylic acids is 1. The van der Waals surface area contributed by atoms with Gasteiger partial charge in [-0.3, -0.25) is 4.90 Å². The van der Waals surface area contributed by atoms with Crippen molar-refractivity contribution in [3.05, 3.63) is 83.4 Å². The van der Waals surface area contributed by atoms with E-state index in [4.69, 9.17) is 0 Å². The molecule has 3 aromatic rings. The van der Waals surface area contributed by atoms with Crippen LogP contribution < -0.4 is 10.6 Å². The minimum Gasteiger partial charge on any atom is -0.338 e. The number of benzene rings is 3. The van der Waals surface area contributed by atoms with Crippen LogP contribution in [0.2, 0.25) is 0 Å². The van der Waals surface area contributed by atoms with Crippen molar-refractivity contribution >= 4 is 16.8 Å². The van der Waals surface area contributed by atoms with Crippen LogP contribution in [0, 0.1) is 11.8 Å². The summed E-state index contributed by atoms with van der Waals surface area (Å²) in [6, 6.07) is 25.0. The maximum atomic E-state index is 12.7. The van der Waals surface area contributed by atoms with Gasteiger partial charge in [-0.15, -0.1) is 0 Å². The fourth-order valence-corrected chi connectivity index (χ4v) is 7.01. The summed E-state index contributed by atoms with van der Waals surface area (Å²) in [6.45, 7) is 4.09. The quantitative estimate of drug-likeness (QED) is 0.414. The molecule has 4 heteroatoms. The first-order valence-corrected chi connectivity index (χ1v) is 13.5. The van der Waals surface area contributed by atoms with Crippen LogP contribution in [0.5, 0.6) is 0 Å². The van der Waals surface area contributed by atoms with E-state index in [9.17, 15) is 4.79 Å². The highest BCUT2D eigenvalue weighted by atomic mass is 16.2. The third-order valence-electron chi connectivity index (χ3n) is 8.85. The molecule has 2 heterocycles. The summed E-state index contributed by atoms with van der Waals surface area (Å²) in [5, 5.41) is 8.73. The highest BCUT2D eigenvalue weighted by molar-refractivity contribution is 5.86. The monoisotopic (exact) mass is 467 g/mol. The maximum absolute atomic E-state index is 12.7. The Morgan fingerprint density at radius 3 is 2.20 bits per heavy atom. The highest BCUT2D eigenvalue weighted by Crippen LogP contribution is 2.53. The van der Waals surface area contributed by atoms with E-state index in [2.05, 4.69) is 89.2 Å². The van der Waals surface area contributed by atoms with Crippen LogP contribution in [0.1, 0.15) is 80.3 Å². The molecule has 35 heavy (non-hydrogen) atoms. The van der Waals surface area contributed by atoms with Crippen molar-refractivity contribution in [1.29, 1.82) is 0 Å². The zero-order valence-electron chi connectivity index (χ0n) is 20.7. The second-order valence-corrected chi connectivity index (χ2v) is 11.0. The number of hydrogen-bond acceptors (Lipinski definition) is 2. The van der Waals surface area contributed by atoms with E-state index in [1.807, 2.05) is 0 Å². The number of nitrogens with one attached hydrogen (secondary N) is 2. The van der Waals surface area contributed by atoms with E-state index in [1.165, 1.54) is 55.8 Å². The lowest BCUT2D eigenvalue weighted by molar-refractivity contribution is 0.149. The Morgan fingerprint density at radius 2 is 1.46 bits per heavy atom. The summed E-state index contributed by atoms with van der Waals surface area (Å²) in [5.74, 6) is 1.39. The largest absolute Gasteiger partial charge is 0.338 e. The van der Waals surface area contributed by atoms with E-state index in [0.717, 1.165) is 18.0 Å². The fraction of sp³-hybridized carbons (Fsp3) is 0.452. The van der Waals surface area contributed by atoms with Crippen molar-refractivity contribution in [2.24, 2.45) is 11.8 Å². The van der Waals surface area contributed by atoms with Crippen molar-refractivity contribution in [3.63, 3.8) is 0 Å². The Labute approximate surface area is 209 Å². The molecule has 0 spiro atoms. The molecule has 3 aliphatic rings. The molecular weight excluding hydrogens is 430 g/mol. The summed E-state index contributed by atoms with van der Waals surface area (Å²) in [4.78, 5) is 15.5. The minimum absolute atomic E-state index is 0.0307. The molecule has 2 aliphatic heterocycles. The van der Waals surface area contributed by atoms with Crippen molar-refractivity contribution in [1.82, 2.24) is 15.5 Å². The van der Waals surface area contributed by atoms with E-state index < -0.39 is 0 Å². The Kier molecular flexibility index (Phi) is 6.24. The lowest BCUT2D eigenvalue weighted by atomic mass is 9.81. The molecule has 2 N–H and O–H groups in total. The van der Waals surface area contributed by atoms with E-state index in [-0.39, 0.29) is 12.1 Å². The number of rotatable bonds is 6. The first-order chi connectivity index (χ1) is 17.2. The van der Waals surface area contributed by atoms with Crippen LogP contribution in [-0.4, -0.2) is 24.0 Å². The Balaban J connectivity index is 0.963. The SMILES string of the molecule is C[C@@H](NC(=O)NCC1CCC(CN2[C@H]3CC[C@H]2c2ccccc23)CC1)c1cccc2ccccc12. The molecular formula is C31H37N3O. The average Bonchev–Trinajstić information content (AvgIpc) is 3.43. The predicted octanol–water partition coefficient (Wildman–Crippen LogP) is 6.90. The van der Waals surface area contributed by atoms with Gasteiger partial charge in [-0.05, 0) is 84.7 Å². The van der Waals surface area contributed by atoms with Crippen molar-refractivity contribution in [3.8, 4) is 0 Å². The number of nitrogens with zero attached hydrogens (tertiary/aromatic N) is 1. The topological polar surface area (TPSA) is 44.4 Å². The summed E-state index contributed by atoms with van der Waals surface area (Å²) in [7, 11) is 0. The minimum atomic E-state index is -0.0565. The molecule has 2 fully saturated rings. The standard InChI is InChI=1S/C31H37N3O/c1-21(25-12-6-8-24-7-2-3-9-26(24)25)33-31(35)32-19-22-13-15-23(16-14-22)20-34-29-17-18-30(34)28-11-5-4-10-27(28)29/h2-12,21-23,29-30H,13-20H2,1H3,(H2,32,33,35)/t21-,22?,23?,29+,30+/m1/s1. The fourth-order valence-electron chi connectivity index (χ4n) is 7.01. The summed E-state index contributed by atoms with van der Waals surface area (Å²) in [6.07, 6.45) is 7.67. The number of carbonyl (C=O) groups is 1. The second-order valence-electron chi connectivity index (χ2n) is 11.0. The van der Waals surface area contributed by atoms with E-state index >= 15 is 0 Å². The van der Waals surface area contributed by atoms with E-state index in [0.29, 0.717) is 18.0 Å². The Hall–Kier alpha value is -2.85. The lowest BCUT2D eigenvalue weighted by Crippen LogP contribution is -2.40. The van der Waals surface area contributed by atoms with Crippen LogP contribution in [0.25, 0.3) is 10.8 Å². The molecule has 1 saturated heterocycles. The first kappa shape index (κ1) is 22.6. The van der Waals surface area contributed by atoms with Gasteiger partial charge in [0.25, 0.3) is 0 Å². The first-order valence-electron chi connectivity index (χ1n) is 13.5. The van der Waals surface area contributed by atoms with Gasteiger partial charge >= 0.3 is 6.03 Å². The number of amides is 2. The molecule has 6 rings (SSSR count). The van der Waals surface area contributed by atoms with Crippen LogP contribution in [0.3, 0.4) is 0 Å². The van der Waals surface area contributed by atoms with Gasteiger partial charge in [-0.25, -0.2) is 4.79 Å². The molecule has 0 aromatic heterocycles. The molecule has 2 bridgehead atoms. The Bertz CT molecular complexity index is 1160. The van der Waals surface area contributed by atoms with Crippen molar-refractivity contribution < 1.29 is 4.79 Å². The molecule has 0 unspecified atom stereocenters. The summed E-state index contributed by atoms with van der Waals surface area (Å²) >= 11 is 0. The van der Waals surface area contributed by atoms with Gasteiger partial charge < -0.3 is 10.6 Å². The van der Waals surface area contributed by atoms with Gasteiger partial charge in [-0.1, -0.05) is 66.7 Å². The van der Waals surface area contributed by atoms with Gasteiger partial charge in [0.2, 0.25) is 0 Å². The zero-order chi connectivity index (χ0) is 23.8. The number of urea groups is 1. The van der Waals surface area contributed by atoms with Gasteiger partial charge in [0.15, 0.2) is 0 Å². The molecule has 1 saturated carbocycles. The molecule has 3 atom stereocenters. The van der Waals surface area contributed by atoms with Crippen LogP contribution >= 0.6 is 0 Å². The predicted molar refractivity (Wildman–Crippen MR) is 142 cm³/mol. The van der Waals surface area contributed by atoms with Gasteiger partial charge in [-0.2, -0.15) is 0 Å². The maximum Gasteiger partial charge on any atom is 0.315 e. The summed E-state index contributed by atoms with van der Waals surface area (Å²) in [5.41, 5.74) is 4.34. The normalized spacial score (nSPS) is 26.4. The number of hydrogen-bond donors (Lipinski definition) is 2. The van der Waals surface area contributed by atoms with Crippen molar-refractivity contribution in [2.45, 2.75) is 63.6 Å². The highest BCUT2D eigenvalue weighted by Gasteiger charge is 2.44. The van der Waals surface area contributed by atoms with Crippen LogP contribution in [-0.2, 0) is 0 Å². The molecule has 182 valence electrons. The zero-order valence-corrected chi connectivity index (χ0v) is 20.7. The molecule has 3 aromatic carbocycles. The van der Waals surface area contributed by atoms with Crippen LogP contribution in [0.15, 0.2) is 66.7 Å². The van der Waals surface area contributed by atoms with Gasteiger partial charge in [0.1, 0.15) is 0 Å². The van der Waals surface area contributed by atoms with Crippen molar-refractivity contribution in [2.75, 3.05) is 13.1 Å². The molecule has 2 amide bonds. The number of fused-ring (bicyclic) bond motifs is 6. The molecule has 0 radical (unpaired) electrons. The van der Waals surface area contributed by atoms with Crippen LogP contribution in [0.4, 0.5) is 4.79 Å². The lowest BCUT2D eigenvalue weighted by Gasteiger charge is -2.33. The second kappa shape index (κ2) is 9.66.